The van der Waals surface area contributed by atoms with E-state index in [2.05, 4.69) is 10.3 Å². The number of hydrogen-bond acceptors (Lipinski definition) is 5. The molecule has 1 N–H and O–H groups in total. The fourth-order valence-corrected chi connectivity index (χ4v) is 2.76. The number of pyridine rings is 1. The van der Waals surface area contributed by atoms with Crippen LogP contribution >= 0.6 is 0 Å². The second kappa shape index (κ2) is 6.36. The van der Waals surface area contributed by atoms with E-state index in [-0.39, 0.29) is 6.04 Å². The van der Waals surface area contributed by atoms with E-state index in [1.807, 2.05) is 32.0 Å². The first-order valence-corrected chi connectivity index (χ1v) is 8.78. The third-order valence-corrected chi connectivity index (χ3v) is 4.58. The van der Waals surface area contributed by atoms with E-state index in [4.69, 9.17) is 4.74 Å². The van der Waals surface area contributed by atoms with Crippen LogP contribution in [0.25, 0.3) is 0 Å². The number of aromatic nitrogens is 1. The van der Waals surface area contributed by atoms with Crippen LogP contribution in [-0.2, 0) is 9.84 Å². The van der Waals surface area contributed by atoms with Crippen LogP contribution in [0.5, 0.6) is 5.88 Å². The summed E-state index contributed by atoms with van der Waals surface area (Å²) < 4.78 is 28.0. The maximum atomic E-state index is 11.5. The molecule has 5 nitrogen and oxygen atoms in total. The van der Waals surface area contributed by atoms with Crippen LogP contribution in [0.2, 0.25) is 0 Å². The molecule has 0 fully saturated rings. The van der Waals surface area contributed by atoms with Gasteiger partial charge in [0.1, 0.15) is 0 Å². The molecule has 1 aromatic carbocycles. The molecule has 0 bridgehead atoms. The van der Waals surface area contributed by atoms with E-state index in [1.165, 1.54) is 6.26 Å². The molecule has 22 heavy (non-hydrogen) atoms. The number of nitrogens with zero attached hydrogens (tertiary/aromatic N) is 1. The number of methoxy groups -OCH3 is 1. The van der Waals surface area contributed by atoms with E-state index in [0.29, 0.717) is 10.8 Å². The molecule has 0 aliphatic heterocycles. The van der Waals surface area contributed by atoms with Crippen molar-refractivity contribution in [3.8, 4) is 5.88 Å². The molecule has 0 aliphatic rings. The average molecular weight is 320 g/mol. The Morgan fingerprint density at radius 2 is 1.77 bits per heavy atom. The van der Waals surface area contributed by atoms with E-state index >= 15 is 0 Å². The highest BCUT2D eigenvalue weighted by atomic mass is 32.2. The van der Waals surface area contributed by atoms with E-state index in [0.717, 1.165) is 16.9 Å². The second-order valence-corrected chi connectivity index (χ2v) is 7.21. The molecule has 6 heteroatoms. The summed E-state index contributed by atoms with van der Waals surface area (Å²) in [5.41, 5.74) is 2.77. The lowest BCUT2D eigenvalue weighted by atomic mass is 10.1. The van der Waals surface area contributed by atoms with Crippen LogP contribution < -0.4 is 10.1 Å². The zero-order valence-electron chi connectivity index (χ0n) is 13.1. The first-order chi connectivity index (χ1) is 10.3. The van der Waals surface area contributed by atoms with Gasteiger partial charge in [0.25, 0.3) is 0 Å². The zero-order chi connectivity index (χ0) is 16.3. The molecule has 0 radical (unpaired) electrons. The Morgan fingerprint density at radius 1 is 1.14 bits per heavy atom. The van der Waals surface area contributed by atoms with Gasteiger partial charge >= 0.3 is 0 Å². The van der Waals surface area contributed by atoms with Crippen LogP contribution in [0, 0.1) is 6.92 Å². The fraction of sp³-hybridized carbons (Fsp3) is 0.312. The summed E-state index contributed by atoms with van der Waals surface area (Å²) >= 11 is 0. The molecule has 1 aromatic heterocycles. The van der Waals surface area contributed by atoms with E-state index < -0.39 is 9.84 Å². The Bertz CT molecular complexity index is 755. The van der Waals surface area contributed by atoms with Crippen LogP contribution in [0.3, 0.4) is 0 Å². The molecular weight excluding hydrogens is 300 g/mol. The van der Waals surface area contributed by atoms with Gasteiger partial charge in [-0.05, 0) is 37.6 Å². The van der Waals surface area contributed by atoms with Crippen LogP contribution in [0.1, 0.15) is 24.2 Å². The number of aryl methyl sites for hydroxylation is 1. The summed E-state index contributed by atoms with van der Waals surface area (Å²) in [6.07, 6.45) is 1.20. The molecule has 1 atom stereocenters. The average Bonchev–Trinajstić information content (AvgIpc) is 2.48. The van der Waals surface area contributed by atoms with Crippen molar-refractivity contribution in [2.45, 2.75) is 24.8 Å². The minimum Gasteiger partial charge on any atom is -0.481 e. The molecule has 0 spiro atoms. The molecule has 0 amide bonds. The molecule has 0 saturated carbocycles. The topological polar surface area (TPSA) is 68.3 Å². The summed E-state index contributed by atoms with van der Waals surface area (Å²) in [4.78, 5) is 4.65. The predicted octanol–water partition coefficient (Wildman–Crippen LogP) is 2.98. The molecule has 118 valence electrons. The van der Waals surface area contributed by atoms with Gasteiger partial charge in [-0.3, -0.25) is 0 Å². The van der Waals surface area contributed by atoms with Crippen LogP contribution in [0.4, 0.5) is 5.69 Å². The summed E-state index contributed by atoms with van der Waals surface area (Å²) in [6, 6.07) is 10.6. The van der Waals surface area contributed by atoms with Gasteiger partial charge in [0.15, 0.2) is 9.84 Å². The van der Waals surface area contributed by atoms with Gasteiger partial charge in [0.2, 0.25) is 5.88 Å². The van der Waals surface area contributed by atoms with Crippen molar-refractivity contribution in [3.05, 3.63) is 47.7 Å². The Labute approximate surface area is 131 Å². The monoisotopic (exact) mass is 320 g/mol. The maximum absolute atomic E-state index is 11.5. The Hall–Kier alpha value is -2.08. The number of rotatable bonds is 5. The highest BCUT2D eigenvalue weighted by Crippen LogP contribution is 2.24. The van der Waals surface area contributed by atoms with Gasteiger partial charge in [0, 0.05) is 18.4 Å². The van der Waals surface area contributed by atoms with Gasteiger partial charge in [-0.15, -0.1) is 0 Å². The van der Waals surface area contributed by atoms with Crippen LogP contribution in [0.15, 0.2) is 41.3 Å². The van der Waals surface area contributed by atoms with Crippen molar-refractivity contribution in [3.63, 3.8) is 0 Å². The van der Waals surface area contributed by atoms with Crippen molar-refractivity contribution in [1.82, 2.24) is 4.98 Å². The minimum atomic E-state index is -3.16. The Morgan fingerprint density at radius 3 is 2.27 bits per heavy atom. The number of benzene rings is 1. The highest BCUT2D eigenvalue weighted by Gasteiger charge is 2.11. The molecule has 0 unspecified atom stereocenters. The third kappa shape index (κ3) is 3.76. The standard InChI is InChI=1S/C16H20N2O3S/c1-11(13-5-7-14(8-6-13)22(4,19)20)17-15-9-10-16(21-3)18-12(15)2/h5-11,17H,1-4H3/t11-/m0/s1. The third-order valence-electron chi connectivity index (χ3n) is 3.45. The molecule has 0 saturated heterocycles. The van der Waals surface area contributed by atoms with Crippen molar-refractivity contribution < 1.29 is 13.2 Å². The van der Waals surface area contributed by atoms with Crippen molar-refractivity contribution in [2.75, 3.05) is 18.7 Å². The summed E-state index contributed by atoms with van der Waals surface area (Å²) in [6.45, 7) is 3.92. The highest BCUT2D eigenvalue weighted by molar-refractivity contribution is 7.90. The number of anilines is 1. The fourth-order valence-electron chi connectivity index (χ4n) is 2.12. The van der Waals surface area contributed by atoms with E-state index in [1.54, 1.807) is 25.3 Å². The second-order valence-electron chi connectivity index (χ2n) is 5.19. The lowest BCUT2D eigenvalue weighted by molar-refractivity contribution is 0.397. The van der Waals surface area contributed by atoms with Gasteiger partial charge in [-0.2, -0.15) is 0 Å². The quantitative estimate of drug-likeness (QED) is 0.917. The lowest BCUT2D eigenvalue weighted by Gasteiger charge is -2.17. The summed E-state index contributed by atoms with van der Waals surface area (Å²) in [5, 5.41) is 3.37. The molecule has 1 heterocycles. The molecular formula is C16H20N2O3S. The van der Waals surface area contributed by atoms with Crippen molar-refractivity contribution >= 4 is 15.5 Å². The van der Waals surface area contributed by atoms with Crippen molar-refractivity contribution in [2.24, 2.45) is 0 Å². The van der Waals surface area contributed by atoms with Gasteiger partial charge < -0.3 is 10.1 Å². The largest absolute Gasteiger partial charge is 0.481 e. The molecule has 2 aromatic rings. The number of nitrogens with one attached hydrogen (secondary N) is 1. The smallest absolute Gasteiger partial charge is 0.213 e. The maximum Gasteiger partial charge on any atom is 0.213 e. The number of sulfone groups is 1. The van der Waals surface area contributed by atoms with Gasteiger partial charge in [-0.25, -0.2) is 13.4 Å². The van der Waals surface area contributed by atoms with E-state index in [9.17, 15) is 8.42 Å². The van der Waals surface area contributed by atoms with Crippen molar-refractivity contribution in [1.29, 1.82) is 0 Å². The normalized spacial score (nSPS) is 12.7. The van der Waals surface area contributed by atoms with Gasteiger partial charge in [0.05, 0.1) is 23.4 Å². The number of hydrogen-bond donors (Lipinski definition) is 1. The Kier molecular flexibility index (Phi) is 4.71. The predicted molar refractivity (Wildman–Crippen MR) is 87.1 cm³/mol. The lowest BCUT2D eigenvalue weighted by Crippen LogP contribution is -2.09. The first-order valence-electron chi connectivity index (χ1n) is 6.89. The van der Waals surface area contributed by atoms with Crippen LogP contribution in [-0.4, -0.2) is 26.8 Å². The molecule has 2 rings (SSSR count). The zero-order valence-corrected chi connectivity index (χ0v) is 13.9. The summed E-state index contributed by atoms with van der Waals surface area (Å²) in [5.74, 6) is 0.577. The number of ether oxygens (including phenoxy) is 1. The van der Waals surface area contributed by atoms with Gasteiger partial charge in [-0.1, -0.05) is 12.1 Å². The minimum absolute atomic E-state index is 0.0301. The summed E-state index contributed by atoms with van der Waals surface area (Å²) in [7, 11) is -1.58. The first kappa shape index (κ1) is 16.3. The Balaban J connectivity index is 2.17. The SMILES string of the molecule is COc1ccc(N[C@@H](C)c2ccc(S(C)(=O)=O)cc2)c(C)n1. The molecule has 0 aliphatic carbocycles.